The minimum atomic E-state index is -0.571. The Bertz CT molecular complexity index is 1790. The van der Waals surface area contributed by atoms with E-state index < -0.39 is 11.9 Å². The molecule has 4 nitrogen and oxygen atoms in total. The molecule has 0 fully saturated rings. The molecule has 0 aromatic heterocycles. The molecule has 5 aromatic rings. The predicted molar refractivity (Wildman–Crippen MR) is 180 cm³/mol. The highest BCUT2D eigenvalue weighted by Gasteiger charge is 2.20. The molecule has 0 N–H and O–H groups in total. The summed E-state index contributed by atoms with van der Waals surface area (Å²) in [4.78, 5) is 27.1. The quantitative estimate of drug-likeness (QED) is 0.0841. The average Bonchev–Trinajstić information content (AvgIpc) is 3.04. The van der Waals surface area contributed by atoms with Crippen LogP contribution in [0.4, 0.5) is 0 Å². The van der Waals surface area contributed by atoms with Crippen molar-refractivity contribution in [2.45, 2.75) is 25.7 Å². The fourth-order valence-electron chi connectivity index (χ4n) is 5.56. The van der Waals surface area contributed by atoms with Crippen LogP contribution in [-0.4, -0.2) is 11.9 Å². The Kier molecular flexibility index (Phi) is 9.31. The summed E-state index contributed by atoms with van der Waals surface area (Å²) < 4.78 is 12.1. The molecular formula is C40H34O4. The molecule has 0 amide bonds. The molecule has 4 heteroatoms. The van der Waals surface area contributed by atoms with Gasteiger partial charge in [-0.2, -0.15) is 0 Å². The van der Waals surface area contributed by atoms with E-state index in [9.17, 15) is 9.59 Å². The summed E-state index contributed by atoms with van der Waals surface area (Å²) >= 11 is 0. The standard InChI is InChI=1S/C40H34O4/c1-5-14-27-24-29(16-7-3)37(35-22-11-9-20-33(27)35)43-39(41)31-18-13-19-32(26-31)40(42)44-38-30(17-8-4)25-28(15-6-2)34-21-10-12-23-36(34)38/h5-13,18-26H,1-4,14-17H2. The van der Waals surface area contributed by atoms with Gasteiger partial charge in [0.25, 0.3) is 0 Å². The Labute approximate surface area is 258 Å². The highest BCUT2D eigenvalue weighted by molar-refractivity contribution is 6.01. The Morgan fingerprint density at radius 3 is 1.23 bits per heavy atom. The average molecular weight is 579 g/mol. The van der Waals surface area contributed by atoms with Crippen molar-refractivity contribution in [3.63, 3.8) is 0 Å². The summed E-state index contributed by atoms with van der Waals surface area (Å²) in [6.07, 6.45) is 9.69. The van der Waals surface area contributed by atoms with Crippen LogP contribution >= 0.6 is 0 Å². The SMILES string of the molecule is C=CCc1cc(CC=C)c2ccccc2c1OC(=O)c1cccc(C(=O)Oc2c(CC=C)cc(CC=C)c3ccccc23)c1. The molecule has 0 unspecified atom stereocenters. The number of rotatable bonds is 12. The number of carbonyl (C=O) groups excluding carboxylic acids is 2. The van der Waals surface area contributed by atoms with E-state index in [1.807, 2.05) is 72.8 Å². The molecule has 0 atom stereocenters. The van der Waals surface area contributed by atoms with Crippen molar-refractivity contribution in [2.75, 3.05) is 0 Å². The van der Waals surface area contributed by atoms with Gasteiger partial charge in [-0.15, -0.1) is 26.3 Å². The number of hydrogen-bond donors (Lipinski definition) is 0. The molecule has 0 spiro atoms. The van der Waals surface area contributed by atoms with Gasteiger partial charge in [-0.25, -0.2) is 9.59 Å². The van der Waals surface area contributed by atoms with Crippen LogP contribution in [0.25, 0.3) is 21.5 Å². The van der Waals surface area contributed by atoms with E-state index in [0.717, 1.165) is 43.8 Å². The smallest absolute Gasteiger partial charge is 0.343 e. The molecule has 0 saturated carbocycles. The van der Waals surface area contributed by atoms with Gasteiger partial charge in [0.1, 0.15) is 11.5 Å². The Balaban J connectivity index is 1.48. The topological polar surface area (TPSA) is 52.6 Å². The fourth-order valence-corrected chi connectivity index (χ4v) is 5.56. The third-order valence-electron chi connectivity index (χ3n) is 7.50. The maximum absolute atomic E-state index is 13.5. The maximum Gasteiger partial charge on any atom is 0.343 e. The van der Waals surface area contributed by atoms with Gasteiger partial charge in [0.05, 0.1) is 11.1 Å². The van der Waals surface area contributed by atoms with Gasteiger partial charge in [0.15, 0.2) is 0 Å². The van der Waals surface area contributed by atoms with Crippen LogP contribution in [0.1, 0.15) is 43.0 Å². The lowest BCUT2D eigenvalue weighted by atomic mass is 9.96. The molecule has 0 aliphatic carbocycles. The summed E-state index contributed by atoms with van der Waals surface area (Å²) in [7, 11) is 0. The summed E-state index contributed by atoms with van der Waals surface area (Å²) in [5.74, 6) is -0.186. The Morgan fingerprint density at radius 2 is 0.841 bits per heavy atom. The first-order chi connectivity index (χ1) is 21.5. The van der Waals surface area contributed by atoms with Gasteiger partial charge < -0.3 is 9.47 Å². The zero-order valence-corrected chi connectivity index (χ0v) is 24.7. The monoisotopic (exact) mass is 578 g/mol. The summed E-state index contributed by atoms with van der Waals surface area (Å²) in [5.41, 5.74) is 4.36. The van der Waals surface area contributed by atoms with Crippen LogP contribution in [-0.2, 0) is 25.7 Å². The van der Waals surface area contributed by atoms with Gasteiger partial charge in [-0.1, -0.05) is 91.0 Å². The number of fused-ring (bicyclic) bond motifs is 2. The van der Waals surface area contributed by atoms with Crippen molar-refractivity contribution >= 4 is 33.5 Å². The van der Waals surface area contributed by atoms with Gasteiger partial charge in [-0.3, -0.25) is 0 Å². The molecule has 0 aliphatic heterocycles. The first kappa shape index (κ1) is 30.0. The van der Waals surface area contributed by atoms with E-state index >= 15 is 0 Å². The van der Waals surface area contributed by atoms with E-state index in [1.54, 1.807) is 30.4 Å². The molecule has 0 bridgehead atoms. The van der Waals surface area contributed by atoms with Gasteiger partial charge in [0, 0.05) is 10.8 Å². The first-order valence-electron chi connectivity index (χ1n) is 14.5. The van der Waals surface area contributed by atoms with E-state index in [4.69, 9.17) is 9.47 Å². The summed E-state index contributed by atoms with van der Waals surface area (Å²) in [6, 6.07) is 26.1. The Morgan fingerprint density at radius 1 is 0.477 bits per heavy atom. The normalized spacial score (nSPS) is 10.7. The number of allylic oxidation sites excluding steroid dienone is 4. The number of hydrogen-bond acceptors (Lipinski definition) is 4. The van der Waals surface area contributed by atoms with Crippen molar-refractivity contribution in [2.24, 2.45) is 0 Å². The molecule has 218 valence electrons. The van der Waals surface area contributed by atoms with Gasteiger partial charge in [-0.05, 0) is 76.9 Å². The van der Waals surface area contributed by atoms with Crippen LogP contribution in [0.5, 0.6) is 11.5 Å². The van der Waals surface area contributed by atoms with Gasteiger partial charge in [0.2, 0.25) is 0 Å². The molecule has 0 aliphatic rings. The lowest BCUT2D eigenvalue weighted by Gasteiger charge is -2.16. The van der Waals surface area contributed by atoms with Crippen molar-refractivity contribution in [3.8, 4) is 11.5 Å². The van der Waals surface area contributed by atoms with Gasteiger partial charge >= 0.3 is 11.9 Å². The molecule has 0 radical (unpaired) electrons. The number of ether oxygens (including phenoxy) is 2. The molecule has 44 heavy (non-hydrogen) atoms. The number of esters is 2. The predicted octanol–water partition coefficient (Wildman–Crippen LogP) is 9.35. The second kappa shape index (κ2) is 13.7. The highest BCUT2D eigenvalue weighted by Crippen LogP contribution is 2.36. The van der Waals surface area contributed by atoms with Crippen LogP contribution in [0.3, 0.4) is 0 Å². The lowest BCUT2D eigenvalue weighted by molar-refractivity contribution is 0.0735. The largest absolute Gasteiger partial charge is 0.422 e. The van der Waals surface area contributed by atoms with Crippen LogP contribution < -0.4 is 9.47 Å². The van der Waals surface area contributed by atoms with E-state index in [0.29, 0.717) is 37.2 Å². The van der Waals surface area contributed by atoms with Crippen LogP contribution in [0, 0.1) is 0 Å². The molecular weight excluding hydrogens is 544 g/mol. The second-order valence-corrected chi connectivity index (χ2v) is 10.5. The van der Waals surface area contributed by atoms with E-state index in [-0.39, 0.29) is 11.1 Å². The first-order valence-corrected chi connectivity index (χ1v) is 14.5. The molecule has 5 rings (SSSR count). The summed E-state index contributed by atoms with van der Waals surface area (Å²) in [5, 5.41) is 3.63. The number of carbonyl (C=O) groups is 2. The lowest BCUT2D eigenvalue weighted by Crippen LogP contribution is -2.14. The Hall–Kier alpha value is -5.48. The molecule has 0 heterocycles. The van der Waals surface area contributed by atoms with E-state index in [2.05, 4.69) is 26.3 Å². The van der Waals surface area contributed by atoms with Crippen LogP contribution in [0.2, 0.25) is 0 Å². The number of benzene rings is 5. The van der Waals surface area contributed by atoms with Crippen molar-refractivity contribution in [1.82, 2.24) is 0 Å². The minimum Gasteiger partial charge on any atom is -0.422 e. The highest BCUT2D eigenvalue weighted by atomic mass is 16.5. The van der Waals surface area contributed by atoms with Crippen molar-refractivity contribution in [1.29, 1.82) is 0 Å². The third-order valence-corrected chi connectivity index (χ3v) is 7.50. The summed E-state index contributed by atoms with van der Waals surface area (Å²) in [6.45, 7) is 15.5. The minimum absolute atomic E-state index is 0.237. The maximum atomic E-state index is 13.5. The third kappa shape index (κ3) is 6.16. The fraction of sp³-hybridized carbons (Fsp3) is 0.100. The molecule has 5 aromatic carbocycles. The van der Waals surface area contributed by atoms with Crippen LogP contribution in [0.15, 0.2) is 136 Å². The van der Waals surface area contributed by atoms with Crippen molar-refractivity contribution in [3.05, 3.63) is 169 Å². The zero-order valence-electron chi connectivity index (χ0n) is 24.7. The van der Waals surface area contributed by atoms with Crippen molar-refractivity contribution < 1.29 is 19.1 Å². The zero-order chi connectivity index (χ0) is 31.1. The molecule has 0 saturated heterocycles. The van der Waals surface area contributed by atoms with E-state index in [1.165, 1.54) is 6.07 Å². The second-order valence-electron chi connectivity index (χ2n) is 10.5.